The summed E-state index contributed by atoms with van der Waals surface area (Å²) in [5.74, 6) is 1.61. The Morgan fingerprint density at radius 1 is 0.914 bits per heavy atom. The van der Waals surface area contributed by atoms with Crippen molar-refractivity contribution < 1.29 is 19.1 Å². The minimum absolute atomic E-state index is 0.0380. The second kappa shape index (κ2) is 14.4. The summed E-state index contributed by atoms with van der Waals surface area (Å²) in [4.78, 5) is 28.3. The van der Waals surface area contributed by atoms with Crippen molar-refractivity contribution >= 4 is 11.8 Å². The number of nitrogens with one attached hydrogen (secondary N) is 1. The third-order valence-corrected chi connectivity index (χ3v) is 5.78. The Morgan fingerprint density at radius 2 is 1.54 bits per heavy atom. The Bertz CT molecular complexity index is 940. The highest BCUT2D eigenvalue weighted by atomic mass is 16.5. The number of nitrogens with zero attached hydrogens (tertiary/aromatic N) is 1. The molecule has 0 spiro atoms. The molecule has 0 aliphatic heterocycles. The summed E-state index contributed by atoms with van der Waals surface area (Å²) in [6, 6.07) is 13.4. The van der Waals surface area contributed by atoms with E-state index >= 15 is 0 Å². The number of hydrogen-bond acceptors (Lipinski definition) is 4. The number of benzene rings is 2. The molecule has 0 heterocycles. The van der Waals surface area contributed by atoms with Crippen LogP contribution >= 0.6 is 0 Å². The molecule has 0 bridgehead atoms. The second-order valence-corrected chi connectivity index (χ2v) is 9.22. The van der Waals surface area contributed by atoms with E-state index in [0.717, 1.165) is 16.7 Å². The van der Waals surface area contributed by atoms with Crippen LogP contribution in [-0.4, -0.2) is 42.5 Å². The summed E-state index contributed by atoms with van der Waals surface area (Å²) in [6.07, 6.45) is 1.41. The fourth-order valence-electron chi connectivity index (χ4n) is 3.88. The Kier molecular flexibility index (Phi) is 11.6. The zero-order chi connectivity index (χ0) is 25.8. The van der Waals surface area contributed by atoms with Gasteiger partial charge in [-0.1, -0.05) is 56.7 Å². The number of ether oxygens (including phenoxy) is 2. The van der Waals surface area contributed by atoms with E-state index in [9.17, 15) is 9.59 Å². The van der Waals surface area contributed by atoms with Crippen LogP contribution in [0.2, 0.25) is 0 Å². The molecule has 2 aromatic carbocycles. The van der Waals surface area contributed by atoms with Crippen LogP contribution in [0.15, 0.2) is 42.5 Å². The lowest BCUT2D eigenvalue weighted by Crippen LogP contribution is -2.49. The first-order chi connectivity index (χ1) is 16.8. The minimum atomic E-state index is -0.512. The van der Waals surface area contributed by atoms with Crippen molar-refractivity contribution in [3.63, 3.8) is 0 Å². The van der Waals surface area contributed by atoms with E-state index < -0.39 is 6.04 Å². The van der Waals surface area contributed by atoms with Crippen molar-refractivity contribution in [3.05, 3.63) is 59.2 Å². The Morgan fingerprint density at radius 3 is 2.14 bits per heavy atom. The fourth-order valence-corrected chi connectivity index (χ4v) is 3.88. The van der Waals surface area contributed by atoms with Crippen LogP contribution in [-0.2, 0) is 22.6 Å². The highest BCUT2D eigenvalue weighted by Crippen LogP contribution is 2.29. The first-order valence-electron chi connectivity index (χ1n) is 12.8. The van der Waals surface area contributed by atoms with Gasteiger partial charge in [-0.05, 0) is 62.8 Å². The maximum absolute atomic E-state index is 13.5. The molecule has 0 radical (unpaired) electrons. The monoisotopic (exact) mass is 482 g/mol. The molecular formula is C29H42N2O4. The average molecular weight is 483 g/mol. The average Bonchev–Trinajstić information content (AvgIpc) is 2.84. The fraction of sp³-hybridized carbons (Fsp3) is 0.517. The van der Waals surface area contributed by atoms with Crippen LogP contribution in [0.5, 0.6) is 11.5 Å². The number of aryl methyl sites for hydroxylation is 2. The third kappa shape index (κ3) is 8.93. The summed E-state index contributed by atoms with van der Waals surface area (Å²) in [6.45, 7) is 14.1. The minimum Gasteiger partial charge on any atom is -0.490 e. The molecule has 2 rings (SSSR count). The van der Waals surface area contributed by atoms with E-state index in [-0.39, 0.29) is 11.8 Å². The summed E-state index contributed by atoms with van der Waals surface area (Å²) < 4.78 is 11.4. The molecule has 35 heavy (non-hydrogen) atoms. The van der Waals surface area contributed by atoms with Crippen molar-refractivity contribution in [2.75, 3.05) is 19.8 Å². The highest BCUT2D eigenvalue weighted by Gasteiger charge is 2.28. The molecule has 0 saturated carbocycles. The van der Waals surface area contributed by atoms with Crippen LogP contribution in [0.25, 0.3) is 0 Å². The van der Waals surface area contributed by atoms with Crippen molar-refractivity contribution in [2.45, 2.75) is 73.4 Å². The summed E-state index contributed by atoms with van der Waals surface area (Å²) in [5, 5.41) is 3.01. The lowest BCUT2D eigenvalue weighted by atomic mass is 10.0. The molecule has 0 aliphatic carbocycles. The van der Waals surface area contributed by atoms with E-state index in [4.69, 9.17) is 9.47 Å². The normalized spacial score (nSPS) is 11.7. The first-order valence-corrected chi connectivity index (χ1v) is 12.8. The second-order valence-electron chi connectivity index (χ2n) is 9.22. The molecule has 1 atom stereocenters. The van der Waals surface area contributed by atoms with Gasteiger partial charge in [0.15, 0.2) is 11.5 Å². The number of rotatable bonds is 14. The maximum Gasteiger partial charge on any atom is 0.242 e. The Labute approximate surface area is 211 Å². The topological polar surface area (TPSA) is 67.9 Å². The molecule has 2 aromatic rings. The number of carbonyl (C=O) groups excluding carboxylic acids is 2. The van der Waals surface area contributed by atoms with E-state index in [0.29, 0.717) is 63.0 Å². The molecule has 192 valence electrons. The molecule has 6 heteroatoms. The summed E-state index contributed by atoms with van der Waals surface area (Å²) >= 11 is 0. The van der Waals surface area contributed by atoms with Crippen molar-refractivity contribution in [1.29, 1.82) is 0 Å². The zero-order valence-corrected chi connectivity index (χ0v) is 22.2. The molecule has 6 nitrogen and oxygen atoms in total. The van der Waals surface area contributed by atoms with Gasteiger partial charge < -0.3 is 19.7 Å². The van der Waals surface area contributed by atoms with Crippen LogP contribution in [0.1, 0.15) is 64.2 Å². The van der Waals surface area contributed by atoms with Crippen LogP contribution in [0.4, 0.5) is 0 Å². The Hall–Kier alpha value is -3.02. The molecule has 1 N–H and O–H groups in total. The zero-order valence-electron chi connectivity index (χ0n) is 22.2. The molecule has 0 fully saturated rings. The lowest BCUT2D eigenvalue weighted by Gasteiger charge is -2.31. The van der Waals surface area contributed by atoms with Gasteiger partial charge in [0.05, 0.1) is 13.2 Å². The number of hydrogen-bond donors (Lipinski definition) is 1. The van der Waals surface area contributed by atoms with Crippen LogP contribution < -0.4 is 14.8 Å². The number of amides is 2. The Balaban J connectivity index is 2.21. The van der Waals surface area contributed by atoms with E-state index in [2.05, 4.69) is 19.2 Å². The molecule has 2 amide bonds. The van der Waals surface area contributed by atoms with Crippen LogP contribution in [0, 0.1) is 12.8 Å². The van der Waals surface area contributed by atoms with E-state index in [1.165, 1.54) is 0 Å². The van der Waals surface area contributed by atoms with E-state index in [1.807, 2.05) is 70.2 Å². The molecular weight excluding hydrogens is 440 g/mol. The first kappa shape index (κ1) is 28.2. The standard InChI is InChI=1S/C29H42N2O4/c1-7-25(29(33)30-19-21(4)5)31(20-24-12-10-22(6)11-13-24)28(32)17-15-23-14-16-26(34-8-2)27(18-23)35-9-3/h10-14,16,18,21,25H,7-9,15,17,19-20H2,1-6H3,(H,30,33)/t25-/m1/s1. The largest absolute Gasteiger partial charge is 0.490 e. The highest BCUT2D eigenvalue weighted by molar-refractivity contribution is 5.87. The van der Waals surface area contributed by atoms with E-state index in [1.54, 1.807) is 4.90 Å². The van der Waals surface area contributed by atoms with Gasteiger partial charge in [-0.2, -0.15) is 0 Å². The number of carbonyl (C=O) groups is 2. The molecule has 0 saturated heterocycles. The summed E-state index contributed by atoms with van der Waals surface area (Å²) in [7, 11) is 0. The van der Waals surface area contributed by atoms with Crippen molar-refractivity contribution in [2.24, 2.45) is 5.92 Å². The molecule has 0 aliphatic rings. The third-order valence-electron chi connectivity index (χ3n) is 5.78. The van der Waals surface area contributed by atoms with Crippen molar-refractivity contribution in [1.82, 2.24) is 10.2 Å². The quantitative estimate of drug-likeness (QED) is 0.397. The molecule has 0 unspecified atom stereocenters. The maximum atomic E-state index is 13.5. The van der Waals surface area contributed by atoms with Gasteiger partial charge in [0, 0.05) is 19.5 Å². The van der Waals surface area contributed by atoms with Gasteiger partial charge in [-0.25, -0.2) is 0 Å². The van der Waals surface area contributed by atoms with Gasteiger partial charge >= 0.3 is 0 Å². The van der Waals surface area contributed by atoms with Gasteiger partial charge in [0.25, 0.3) is 0 Å². The SMILES string of the molecule is CCOc1ccc(CCC(=O)N(Cc2ccc(C)cc2)[C@H](CC)C(=O)NCC(C)C)cc1OCC. The lowest BCUT2D eigenvalue weighted by molar-refractivity contribution is -0.141. The van der Waals surface area contributed by atoms with Gasteiger partial charge in [0.1, 0.15) is 6.04 Å². The van der Waals surface area contributed by atoms with Crippen LogP contribution in [0.3, 0.4) is 0 Å². The smallest absolute Gasteiger partial charge is 0.242 e. The van der Waals surface area contributed by atoms with Gasteiger partial charge in [-0.15, -0.1) is 0 Å². The van der Waals surface area contributed by atoms with Gasteiger partial charge in [-0.3, -0.25) is 9.59 Å². The van der Waals surface area contributed by atoms with Gasteiger partial charge in [0.2, 0.25) is 11.8 Å². The molecule has 0 aromatic heterocycles. The summed E-state index contributed by atoms with van der Waals surface area (Å²) in [5.41, 5.74) is 3.17. The predicted molar refractivity (Wildman–Crippen MR) is 141 cm³/mol. The van der Waals surface area contributed by atoms with Crippen molar-refractivity contribution in [3.8, 4) is 11.5 Å². The predicted octanol–water partition coefficient (Wildman–Crippen LogP) is 5.30.